The molecule has 2 aromatic rings. The summed E-state index contributed by atoms with van der Waals surface area (Å²) in [5.41, 5.74) is 3.25. The summed E-state index contributed by atoms with van der Waals surface area (Å²) in [6.07, 6.45) is 0. The van der Waals surface area contributed by atoms with Crippen LogP contribution in [0.3, 0.4) is 0 Å². The zero-order valence-corrected chi connectivity index (χ0v) is 9.78. The van der Waals surface area contributed by atoms with Gasteiger partial charge >= 0.3 is 0 Å². The molecule has 0 spiro atoms. The van der Waals surface area contributed by atoms with Crippen LogP contribution in [0, 0.1) is 13.8 Å². The molecule has 0 radical (unpaired) electrons. The second-order valence-corrected chi connectivity index (χ2v) is 3.90. The maximum Gasteiger partial charge on any atom is 0.129 e. The summed E-state index contributed by atoms with van der Waals surface area (Å²) in [7, 11) is 0. The number of halogens is 1. The number of rotatable bonds is 2. The highest BCUT2D eigenvalue weighted by molar-refractivity contribution is 6.30. The number of hydrogen-bond donors (Lipinski definition) is 1. The number of aromatic amines is 1. The van der Waals surface area contributed by atoms with E-state index in [1.54, 1.807) is 12.1 Å². The highest BCUT2D eigenvalue weighted by atomic mass is 35.5. The van der Waals surface area contributed by atoms with Gasteiger partial charge in [0.1, 0.15) is 5.69 Å². The first kappa shape index (κ1) is 10.8. The fourth-order valence-corrected chi connectivity index (χ4v) is 1.52. The Balaban J connectivity index is 2.28. The highest BCUT2D eigenvalue weighted by Gasteiger charge is 2.04. The summed E-state index contributed by atoms with van der Waals surface area (Å²) in [5.74, 6) is 0. The van der Waals surface area contributed by atoms with E-state index in [2.05, 4.69) is 20.4 Å². The molecule has 0 fully saturated rings. The van der Waals surface area contributed by atoms with Crippen LogP contribution in [0.5, 0.6) is 0 Å². The summed E-state index contributed by atoms with van der Waals surface area (Å²) in [6.45, 7) is 3.79. The van der Waals surface area contributed by atoms with Gasteiger partial charge in [0.15, 0.2) is 0 Å². The molecule has 1 heterocycles. The van der Waals surface area contributed by atoms with Crippen molar-refractivity contribution in [3.63, 3.8) is 0 Å². The normalized spacial score (nSPS) is 11.2. The molecule has 0 amide bonds. The Morgan fingerprint density at radius 1 is 1.25 bits per heavy atom. The largest absolute Gasteiger partial charge is 0.280 e. The highest BCUT2D eigenvalue weighted by Crippen LogP contribution is 2.24. The molecule has 0 saturated heterocycles. The van der Waals surface area contributed by atoms with E-state index in [9.17, 15) is 0 Å². The lowest BCUT2D eigenvalue weighted by Crippen LogP contribution is -1.69. The molecule has 4 nitrogen and oxygen atoms in total. The van der Waals surface area contributed by atoms with E-state index in [-0.39, 0.29) is 0 Å². The number of nitrogens with one attached hydrogen (secondary N) is 1. The van der Waals surface area contributed by atoms with Crippen LogP contribution in [0.1, 0.15) is 11.4 Å². The summed E-state index contributed by atoms with van der Waals surface area (Å²) >= 11 is 5.85. The molecular weight excluding hydrogens is 224 g/mol. The average molecular weight is 235 g/mol. The van der Waals surface area contributed by atoms with Gasteiger partial charge in [-0.15, -0.1) is 5.11 Å². The molecule has 82 valence electrons. The van der Waals surface area contributed by atoms with Crippen LogP contribution < -0.4 is 0 Å². The number of hydrogen-bond acceptors (Lipinski definition) is 3. The fraction of sp³-hybridized carbons (Fsp3) is 0.182. The molecular formula is C11H11ClN4. The van der Waals surface area contributed by atoms with Gasteiger partial charge in [0.05, 0.1) is 17.1 Å². The maximum absolute atomic E-state index is 5.85. The van der Waals surface area contributed by atoms with E-state index in [0.29, 0.717) is 5.02 Å². The molecule has 0 saturated carbocycles. The van der Waals surface area contributed by atoms with Gasteiger partial charge in [-0.05, 0) is 32.0 Å². The average Bonchev–Trinajstić information content (AvgIpc) is 2.56. The molecule has 1 N–H and O–H groups in total. The number of aromatic nitrogens is 2. The molecule has 1 aromatic carbocycles. The third-order valence-corrected chi connectivity index (χ3v) is 2.40. The van der Waals surface area contributed by atoms with E-state index in [1.807, 2.05) is 26.0 Å². The Morgan fingerprint density at radius 2 is 2.06 bits per heavy atom. The van der Waals surface area contributed by atoms with Crippen molar-refractivity contribution >= 4 is 23.0 Å². The fourth-order valence-electron chi connectivity index (χ4n) is 1.34. The van der Waals surface area contributed by atoms with Crippen LogP contribution in [-0.2, 0) is 0 Å². The van der Waals surface area contributed by atoms with Crippen LogP contribution >= 0.6 is 11.6 Å². The van der Waals surface area contributed by atoms with Crippen LogP contribution in [0.4, 0.5) is 11.4 Å². The first-order valence-corrected chi connectivity index (χ1v) is 5.23. The molecule has 0 aliphatic heterocycles. The molecule has 0 aliphatic rings. The number of benzene rings is 1. The van der Waals surface area contributed by atoms with Crippen molar-refractivity contribution in [3.8, 4) is 0 Å². The van der Waals surface area contributed by atoms with Crippen LogP contribution in [0.2, 0.25) is 5.02 Å². The quantitative estimate of drug-likeness (QED) is 0.782. The molecule has 2 rings (SSSR count). The van der Waals surface area contributed by atoms with E-state index >= 15 is 0 Å². The summed E-state index contributed by atoms with van der Waals surface area (Å²) in [6, 6.07) is 7.25. The third kappa shape index (κ3) is 2.28. The predicted octanol–water partition coefficient (Wildman–Crippen LogP) is 4.10. The molecule has 1 aromatic heterocycles. The van der Waals surface area contributed by atoms with Crippen molar-refractivity contribution in [2.75, 3.05) is 0 Å². The van der Waals surface area contributed by atoms with Gasteiger partial charge in [0, 0.05) is 5.02 Å². The Labute approximate surface area is 98.4 Å². The Bertz CT molecular complexity index is 511. The topological polar surface area (TPSA) is 53.4 Å². The SMILES string of the molecule is Cc1n[nH]c(C)c1N=Nc1cccc(Cl)c1. The van der Waals surface area contributed by atoms with Gasteiger partial charge in [-0.25, -0.2) is 0 Å². The number of aryl methyl sites for hydroxylation is 2. The molecule has 0 bridgehead atoms. The second kappa shape index (κ2) is 4.45. The summed E-state index contributed by atoms with van der Waals surface area (Å²) < 4.78 is 0. The van der Waals surface area contributed by atoms with Crippen molar-refractivity contribution in [1.82, 2.24) is 10.2 Å². The minimum absolute atomic E-state index is 0.650. The Kier molecular flexibility index (Phi) is 3.01. The molecule has 5 heteroatoms. The van der Waals surface area contributed by atoms with Crippen molar-refractivity contribution in [1.29, 1.82) is 0 Å². The standard InChI is InChI=1S/C11H11ClN4/c1-7-11(8(2)14-13-7)16-15-10-5-3-4-9(12)6-10/h3-6H,1-2H3,(H,13,14). The van der Waals surface area contributed by atoms with Gasteiger partial charge < -0.3 is 0 Å². The molecule has 0 aliphatic carbocycles. The molecule has 16 heavy (non-hydrogen) atoms. The Hall–Kier alpha value is -1.68. The lowest BCUT2D eigenvalue weighted by Gasteiger charge is -1.93. The van der Waals surface area contributed by atoms with E-state index < -0.39 is 0 Å². The van der Waals surface area contributed by atoms with Gasteiger partial charge in [0.2, 0.25) is 0 Å². The monoisotopic (exact) mass is 234 g/mol. The predicted molar refractivity (Wildman–Crippen MR) is 63.7 cm³/mol. The molecule has 0 unspecified atom stereocenters. The summed E-state index contributed by atoms with van der Waals surface area (Å²) in [4.78, 5) is 0. The zero-order valence-electron chi connectivity index (χ0n) is 9.03. The Morgan fingerprint density at radius 3 is 2.69 bits per heavy atom. The second-order valence-electron chi connectivity index (χ2n) is 3.46. The smallest absolute Gasteiger partial charge is 0.129 e. The van der Waals surface area contributed by atoms with Gasteiger partial charge in [-0.1, -0.05) is 17.7 Å². The van der Waals surface area contributed by atoms with Crippen molar-refractivity contribution < 1.29 is 0 Å². The van der Waals surface area contributed by atoms with Crippen LogP contribution in [0.25, 0.3) is 0 Å². The first-order chi connectivity index (χ1) is 7.66. The summed E-state index contributed by atoms with van der Waals surface area (Å²) in [5, 5.41) is 15.8. The van der Waals surface area contributed by atoms with E-state index in [0.717, 1.165) is 22.8 Å². The van der Waals surface area contributed by atoms with Crippen molar-refractivity contribution in [2.24, 2.45) is 10.2 Å². The number of azo groups is 1. The number of nitrogens with zero attached hydrogens (tertiary/aromatic N) is 3. The van der Waals surface area contributed by atoms with Crippen LogP contribution in [0.15, 0.2) is 34.5 Å². The van der Waals surface area contributed by atoms with Crippen molar-refractivity contribution in [3.05, 3.63) is 40.7 Å². The maximum atomic E-state index is 5.85. The zero-order chi connectivity index (χ0) is 11.5. The van der Waals surface area contributed by atoms with Crippen molar-refractivity contribution in [2.45, 2.75) is 13.8 Å². The van der Waals surface area contributed by atoms with Crippen LogP contribution in [-0.4, -0.2) is 10.2 Å². The minimum atomic E-state index is 0.650. The lowest BCUT2D eigenvalue weighted by atomic mass is 10.3. The van der Waals surface area contributed by atoms with Gasteiger partial charge in [-0.2, -0.15) is 10.2 Å². The van der Waals surface area contributed by atoms with E-state index in [1.165, 1.54) is 0 Å². The van der Waals surface area contributed by atoms with Gasteiger partial charge in [-0.3, -0.25) is 5.10 Å². The first-order valence-electron chi connectivity index (χ1n) is 4.85. The van der Waals surface area contributed by atoms with Gasteiger partial charge in [0.25, 0.3) is 0 Å². The minimum Gasteiger partial charge on any atom is -0.280 e. The lowest BCUT2D eigenvalue weighted by molar-refractivity contribution is 1.02. The number of H-pyrrole nitrogens is 1. The third-order valence-electron chi connectivity index (χ3n) is 2.16. The molecule has 0 atom stereocenters. The van der Waals surface area contributed by atoms with E-state index in [4.69, 9.17) is 11.6 Å².